The summed E-state index contributed by atoms with van der Waals surface area (Å²) in [4.78, 5) is 234. The maximum absolute atomic E-state index is 15.5. The molecule has 4 rings (SSSR count). The molecular weight excluding hydrogens is 1650 g/mol. The largest absolute Gasteiger partial charge is 0.449 e. The lowest BCUT2D eigenvalue weighted by molar-refractivity contribution is -0.138. The standard InChI is InChI=1S/C84H127ClN16O24/c1-46(2)42-59-69(109)96-54(30-37-88-75(115)121-80(5,6)7)65(105)95-57(33-40-91-78(118)124-83(14,15)16)68(108)100-62(47(3)102)72(112)87-36-29-53(64(104)94-55(31-38-89-76(116)122-81(8,9)10)67(107)99-60(70(110)98-59)43-49-24-21-20-22-25-49)93-66(106)56(32-39-90-77(117)123-82(11,12)13)97-73(113)63(48(4)103)101-71(111)61(34-41-92-79(119)125-84(17,18)19)120-74(114)51-28-35-86-58(45-51)50-26-23-27-52(85)44-50/h20-28,35,44-48,53-57,59-63,102-103H,29-34,36-43H2,1-19H3,(H,87,112)(H,88,115)(H,89,116)(H,90,117)(H,91,118)(H,92,119)(H,93,106)(H,94,104)(H,95,105)(H,96,109)(H,97,113)(H,98,110)(H,99,107)(H,100,108)(H,101,111)/t47?,48?,53-,54-,55-,56-,57-,59-,60+,61-,62-,63-/m0/s1. The van der Waals surface area contributed by atoms with Crippen LogP contribution in [0.5, 0.6) is 0 Å². The van der Waals surface area contributed by atoms with E-state index in [1.807, 2.05) is 0 Å². The van der Waals surface area contributed by atoms with Gasteiger partial charge in [0.15, 0.2) is 6.10 Å². The van der Waals surface area contributed by atoms with Crippen molar-refractivity contribution in [2.75, 3.05) is 39.3 Å². The van der Waals surface area contributed by atoms with Gasteiger partial charge in [0.1, 0.15) is 82.4 Å². The van der Waals surface area contributed by atoms with E-state index in [1.165, 1.54) is 18.3 Å². The lowest BCUT2D eigenvalue weighted by Crippen LogP contribution is -2.62. The van der Waals surface area contributed by atoms with Crippen LogP contribution < -0.4 is 79.8 Å². The summed E-state index contributed by atoms with van der Waals surface area (Å²) in [5.41, 5.74) is -3.96. The molecule has 1 aliphatic heterocycles. The van der Waals surface area contributed by atoms with Crippen LogP contribution in [0, 0.1) is 5.92 Å². The summed E-state index contributed by atoms with van der Waals surface area (Å²) >= 11 is 6.25. The Balaban J connectivity index is 1.96. The minimum Gasteiger partial charge on any atom is -0.449 e. The third kappa shape index (κ3) is 41.6. The molecule has 40 nitrogen and oxygen atoms in total. The number of rotatable bonds is 30. The lowest BCUT2D eigenvalue weighted by atomic mass is 10.00. The second-order valence-electron chi connectivity index (χ2n) is 35.2. The van der Waals surface area contributed by atoms with Gasteiger partial charge in [0.25, 0.3) is 5.91 Å². The van der Waals surface area contributed by atoms with Crippen LogP contribution in [0.4, 0.5) is 24.0 Å². The molecule has 2 heterocycles. The number of amides is 15. The van der Waals surface area contributed by atoms with Gasteiger partial charge in [-0.2, -0.15) is 0 Å². The monoisotopic (exact) mass is 1780 g/mol. The molecule has 2 unspecified atom stereocenters. The Kier molecular flexibility index (Phi) is 41.5. The molecule has 1 aliphatic rings. The molecular formula is C84H127ClN16O24. The Morgan fingerprint density at radius 3 is 1.37 bits per heavy atom. The number of carbonyl (C=O) groups is 16. The normalized spacial score (nSPS) is 19.3. The summed E-state index contributed by atoms with van der Waals surface area (Å²) in [6.45, 7) is 26.6. The van der Waals surface area contributed by atoms with Gasteiger partial charge in [0.2, 0.25) is 53.2 Å². The van der Waals surface area contributed by atoms with Crippen molar-refractivity contribution in [1.29, 1.82) is 0 Å². The Morgan fingerprint density at radius 2 is 0.912 bits per heavy atom. The number of carbonyl (C=O) groups excluding carboxylic acids is 16. The topological polar surface area (TPSA) is 562 Å². The van der Waals surface area contributed by atoms with Gasteiger partial charge in [-0.25, -0.2) is 28.8 Å². The Bertz CT molecular complexity index is 4200. The van der Waals surface area contributed by atoms with E-state index < -0.39 is 267 Å². The summed E-state index contributed by atoms with van der Waals surface area (Å²) in [7, 11) is 0. The Hall–Kier alpha value is -11.7. The molecule has 41 heteroatoms. The molecule has 125 heavy (non-hydrogen) atoms. The van der Waals surface area contributed by atoms with Gasteiger partial charge in [-0.15, -0.1) is 0 Å². The predicted octanol–water partition coefficient (Wildman–Crippen LogP) is 3.43. The Labute approximate surface area is 733 Å². The van der Waals surface area contributed by atoms with Crippen molar-refractivity contribution in [1.82, 2.24) is 84.7 Å². The van der Waals surface area contributed by atoms with Crippen molar-refractivity contribution in [2.45, 2.75) is 284 Å². The summed E-state index contributed by atoms with van der Waals surface area (Å²) < 4.78 is 32.7. The van der Waals surface area contributed by atoms with Gasteiger partial charge in [0, 0.05) is 68.9 Å². The van der Waals surface area contributed by atoms with Crippen LogP contribution in [0.3, 0.4) is 0 Å². The highest BCUT2D eigenvalue weighted by Gasteiger charge is 2.40. The molecule has 0 aliphatic carbocycles. The highest BCUT2D eigenvalue weighted by atomic mass is 35.5. The number of hydrogen-bond donors (Lipinski definition) is 17. The van der Waals surface area contributed by atoms with Crippen LogP contribution in [0.25, 0.3) is 11.3 Å². The molecule has 2 aromatic carbocycles. The summed E-state index contributed by atoms with van der Waals surface area (Å²) in [5.74, 6) is -13.1. The van der Waals surface area contributed by atoms with E-state index in [9.17, 15) is 67.7 Å². The van der Waals surface area contributed by atoms with E-state index in [4.69, 9.17) is 40.0 Å². The van der Waals surface area contributed by atoms with Gasteiger partial charge in [-0.05, 0) is 192 Å². The highest BCUT2D eigenvalue weighted by Crippen LogP contribution is 2.24. The van der Waals surface area contributed by atoms with Crippen molar-refractivity contribution < 1.29 is 115 Å². The fraction of sp³-hybridized carbons (Fsp3) is 0.607. The molecule has 0 bridgehead atoms. The number of pyridine rings is 1. The maximum atomic E-state index is 15.5. The third-order valence-electron chi connectivity index (χ3n) is 17.4. The summed E-state index contributed by atoms with van der Waals surface area (Å²) in [5, 5.41) is 60.8. The van der Waals surface area contributed by atoms with E-state index in [0.717, 1.165) is 13.8 Å². The lowest BCUT2D eigenvalue weighted by Gasteiger charge is -2.29. The zero-order valence-corrected chi connectivity index (χ0v) is 75.3. The minimum absolute atomic E-state index is 0.117. The number of aliphatic hydroxyl groups is 2. The van der Waals surface area contributed by atoms with E-state index >= 15 is 19.2 Å². The number of esters is 1. The summed E-state index contributed by atoms with van der Waals surface area (Å²) in [6, 6.07) is 0.965. The van der Waals surface area contributed by atoms with Crippen LogP contribution in [0.1, 0.15) is 192 Å². The molecule has 0 radical (unpaired) electrons. The van der Waals surface area contributed by atoms with E-state index in [0.29, 0.717) is 16.1 Å². The first-order chi connectivity index (χ1) is 58.0. The van der Waals surface area contributed by atoms with E-state index in [2.05, 4.69) is 84.7 Å². The molecule has 3 aromatic rings. The van der Waals surface area contributed by atoms with Crippen LogP contribution in [0.15, 0.2) is 72.9 Å². The van der Waals surface area contributed by atoms with E-state index in [1.54, 1.807) is 172 Å². The highest BCUT2D eigenvalue weighted by molar-refractivity contribution is 6.30. The smallest absolute Gasteiger partial charge is 0.407 e. The van der Waals surface area contributed by atoms with Crippen LogP contribution in [-0.2, 0) is 82.8 Å². The molecule has 694 valence electrons. The number of aromatic nitrogens is 1. The number of ether oxygens (including phenoxy) is 6. The van der Waals surface area contributed by atoms with Gasteiger partial charge in [-0.1, -0.05) is 67.9 Å². The number of benzene rings is 2. The zero-order chi connectivity index (χ0) is 94.1. The molecule has 12 atom stereocenters. The van der Waals surface area contributed by atoms with Crippen molar-refractivity contribution >= 4 is 107 Å². The molecule has 15 amide bonds. The second-order valence-corrected chi connectivity index (χ2v) is 35.6. The molecule has 0 spiro atoms. The number of halogens is 1. The maximum Gasteiger partial charge on any atom is 0.407 e. The second kappa shape index (κ2) is 49.1. The van der Waals surface area contributed by atoms with Crippen LogP contribution in [0.2, 0.25) is 5.02 Å². The third-order valence-corrected chi connectivity index (χ3v) is 17.7. The molecule has 0 saturated carbocycles. The van der Waals surface area contributed by atoms with Gasteiger partial charge < -0.3 is 118 Å². The Morgan fingerprint density at radius 1 is 0.480 bits per heavy atom. The number of alkyl carbamates (subject to hydrolysis) is 5. The molecule has 1 saturated heterocycles. The molecule has 17 N–H and O–H groups in total. The van der Waals surface area contributed by atoms with Crippen LogP contribution in [-0.4, -0.2) is 251 Å². The number of aliphatic hydroxyl groups excluding tert-OH is 2. The fourth-order valence-electron chi connectivity index (χ4n) is 11.7. The number of hydrogen-bond acceptors (Lipinski definition) is 25. The predicted molar refractivity (Wildman–Crippen MR) is 456 cm³/mol. The van der Waals surface area contributed by atoms with Crippen molar-refractivity contribution in [3.63, 3.8) is 0 Å². The first-order valence-electron chi connectivity index (χ1n) is 41.2. The number of nitrogens with zero attached hydrogens (tertiary/aromatic N) is 1. The minimum atomic E-state index is -2.06. The first kappa shape index (κ1) is 106. The van der Waals surface area contributed by atoms with Crippen molar-refractivity contribution in [3.05, 3.63) is 89.1 Å². The molecule has 1 aromatic heterocycles. The van der Waals surface area contributed by atoms with Gasteiger partial charge >= 0.3 is 36.4 Å². The summed E-state index contributed by atoms with van der Waals surface area (Å²) in [6.07, 6.45) is -12.7. The van der Waals surface area contributed by atoms with Crippen LogP contribution >= 0.6 is 11.6 Å². The molecule has 1 fully saturated rings. The average Bonchev–Trinajstić information content (AvgIpc) is 1.25. The zero-order valence-electron chi connectivity index (χ0n) is 74.5. The SMILES string of the molecule is CC(C)C[C@@H]1NC(=O)[C@@H](Cc2ccccc2)NC(=O)[C@H](CCNC(=O)OC(C)(C)C)NC(=O)[C@@H](NC(=O)[C@H](CCNC(=O)OC(C)(C)C)NC(=O)[C@@H](NC(=O)[C@H](CCNC(=O)OC(C)(C)C)OC(=O)c2ccnc(-c3cccc(Cl)c3)c2)C(C)O)CCNC(=O)[C@H](C(C)O)NC(=O)[C@H](CCNC(=O)OC(C)(C)C)NC(=O)[C@H](CCNC(=O)OC(C)(C)C)NC1=O. The van der Waals surface area contributed by atoms with Gasteiger partial charge in [-0.3, -0.25) is 52.9 Å². The van der Waals surface area contributed by atoms with Crippen molar-refractivity contribution in [2.24, 2.45) is 5.92 Å². The quantitative estimate of drug-likeness (QED) is 0.0336. The van der Waals surface area contributed by atoms with Gasteiger partial charge in [0.05, 0.1) is 23.5 Å². The first-order valence-corrected chi connectivity index (χ1v) is 41.6. The number of nitrogens with one attached hydrogen (secondary N) is 15. The van der Waals surface area contributed by atoms with E-state index in [-0.39, 0.29) is 37.2 Å². The fourth-order valence-corrected chi connectivity index (χ4v) is 11.9. The van der Waals surface area contributed by atoms with Crippen molar-refractivity contribution in [3.8, 4) is 11.3 Å². The average molecular weight is 1780 g/mol.